The molecule has 0 aromatic heterocycles. The lowest BCUT2D eigenvalue weighted by atomic mass is 10.1. The van der Waals surface area contributed by atoms with Crippen LogP contribution in [0.5, 0.6) is 0 Å². The van der Waals surface area contributed by atoms with E-state index in [1.807, 2.05) is 6.92 Å². The number of amides is 1. The number of rotatable bonds is 2. The van der Waals surface area contributed by atoms with Gasteiger partial charge in [-0.1, -0.05) is 0 Å². The first kappa shape index (κ1) is 12.9. The van der Waals surface area contributed by atoms with Gasteiger partial charge in [0.05, 0.1) is 6.04 Å². The molecular formula is C12H15F2N3O. The maximum atomic E-state index is 13.0. The van der Waals surface area contributed by atoms with Crippen LogP contribution in [0.15, 0.2) is 18.2 Å². The molecular weight excluding hydrogens is 240 g/mol. The van der Waals surface area contributed by atoms with Gasteiger partial charge in [-0.3, -0.25) is 4.79 Å². The summed E-state index contributed by atoms with van der Waals surface area (Å²) in [4.78, 5) is 11.8. The molecule has 0 radical (unpaired) electrons. The fourth-order valence-electron chi connectivity index (χ4n) is 1.82. The molecule has 2 rings (SSSR count). The van der Waals surface area contributed by atoms with E-state index in [1.54, 1.807) is 0 Å². The number of carbonyl (C=O) groups is 1. The van der Waals surface area contributed by atoms with Crippen molar-refractivity contribution in [3.05, 3.63) is 29.8 Å². The summed E-state index contributed by atoms with van der Waals surface area (Å²) in [5, 5.41) is 8.69. The molecule has 1 aromatic rings. The van der Waals surface area contributed by atoms with Crippen LogP contribution in [0.1, 0.15) is 6.92 Å². The molecule has 2 atom stereocenters. The second-order valence-electron chi connectivity index (χ2n) is 4.42. The summed E-state index contributed by atoms with van der Waals surface area (Å²) >= 11 is 0. The number of halogens is 2. The van der Waals surface area contributed by atoms with Crippen LogP contribution in [-0.4, -0.2) is 31.1 Å². The third-order valence-corrected chi connectivity index (χ3v) is 2.79. The molecule has 0 saturated carbocycles. The fourth-order valence-corrected chi connectivity index (χ4v) is 1.82. The Morgan fingerprint density at radius 2 is 1.89 bits per heavy atom. The van der Waals surface area contributed by atoms with Crippen molar-refractivity contribution in [1.82, 2.24) is 10.6 Å². The van der Waals surface area contributed by atoms with E-state index in [0.29, 0.717) is 19.1 Å². The minimum absolute atomic E-state index is 0.123. The first-order chi connectivity index (χ1) is 8.54. The van der Waals surface area contributed by atoms with Crippen LogP contribution >= 0.6 is 0 Å². The minimum Gasteiger partial charge on any atom is -0.324 e. The number of carbonyl (C=O) groups excluding carboxylic acids is 1. The van der Waals surface area contributed by atoms with Crippen molar-refractivity contribution in [1.29, 1.82) is 0 Å². The molecule has 1 saturated heterocycles. The summed E-state index contributed by atoms with van der Waals surface area (Å²) in [5.41, 5.74) is 0.123. The molecule has 6 heteroatoms. The van der Waals surface area contributed by atoms with Crippen molar-refractivity contribution in [2.24, 2.45) is 0 Å². The molecule has 4 nitrogen and oxygen atoms in total. The van der Waals surface area contributed by atoms with Crippen molar-refractivity contribution < 1.29 is 13.6 Å². The normalized spacial score (nSPS) is 23.7. The molecule has 0 spiro atoms. The Balaban J connectivity index is 1.98. The third-order valence-electron chi connectivity index (χ3n) is 2.79. The fraction of sp³-hybridized carbons (Fsp3) is 0.417. The van der Waals surface area contributed by atoms with Crippen LogP contribution in [0.3, 0.4) is 0 Å². The number of hydrogen-bond acceptors (Lipinski definition) is 3. The Kier molecular flexibility index (Phi) is 3.88. The SMILES string of the molecule is CC1CNC(C(=O)Nc2cc(F)cc(F)c2)CN1. The smallest absolute Gasteiger partial charge is 0.242 e. The lowest BCUT2D eigenvalue weighted by molar-refractivity contribution is -0.118. The van der Waals surface area contributed by atoms with Gasteiger partial charge in [-0.25, -0.2) is 8.78 Å². The maximum absolute atomic E-state index is 13.0. The third kappa shape index (κ3) is 3.24. The average Bonchev–Trinajstić information content (AvgIpc) is 2.28. The molecule has 1 aliphatic rings. The van der Waals surface area contributed by atoms with Gasteiger partial charge in [0.2, 0.25) is 5.91 Å². The monoisotopic (exact) mass is 255 g/mol. The first-order valence-electron chi connectivity index (χ1n) is 5.78. The Morgan fingerprint density at radius 3 is 2.44 bits per heavy atom. The van der Waals surface area contributed by atoms with E-state index in [9.17, 15) is 13.6 Å². The van der Waals surface area contributed by atoms with Crippen molar-refractivity contribution in [2.45, 2.75) is 19.0 Å². The first-order valence-corrected chi connectivity index (χ1v) is 5.78. The zero-order valence-electron chi connectivity index (χ0n) is 9.97. The summed E-state index contributed by atoms with van der Waals surface area (Å²) in [6.07, 6.45) is 0. The molecule has 1 fully saturated rings. The summed E-state index contributed by atoms with van der Waals surface area (Å²) < 4.78 is 25.9. The standard InChI is InChI=1S/C12H15F2N3O/c1-7-5-16-11(6-15-7)12(18)17-10-3-8(13)2-9(14)4-10/h2-4,7,11,15-16H,5-6H2,1H3,(H,17,18). The predicted octanol–water partition coefficient (Wildman–Crippen LogP) is 0.853. The van der Waals surface area contributed by atoms with Crippen LogP contribution in [-0.2, 0) is 4.79 Å². The number of hydrogen-bond donors (Lipinski definition) is 3. The summed E-state index contributed by atoms with van der Waals surface area (Å²) in [5.74, 6) is -1.73. The zero-order chi connectivity index (χ0) is 13.1. The summed E-state index contributed by atoms with van der Waals surface area (Å²) in [6.45, 7) is 3.17. The van der Waals surface area contributed by atoms with E-state index in [1.165, 1.54) is 0 Å². The van der Waals surface area contributed by atoms with Crippen molar-refractivity contribution >= 4 is 11.6 Å². The van der Waals surface area contributed by atoms with Gasteiger partial charge in [-0.15, -0.1) is 0 Å². The molecule has 2 unspecified atom stereocenters. The maximum Gasteiger partial charge on any atom is 0.242 e. The van der Waals surface area contributed by atoms with Gasteiger partial charge < -0.3 is 16.0 Å². The zero-order valence-corrected chi connectivity index (χ0v) is 9.97. The molecule has 0 bridgehead atoms. The molecule has 98 valence electrons. The van der Waals surface area contributed by atoms with E-state index >= 15 is 0 Å². The molecule has 18 heavy (non-hydrogen) atoms. The van der Waals surface area contributed by atoms with Crippen LogP contribution in [0, 0.1) is 11.6 Å². The average molecular weight is 255 g/mol. The Bertz CT molecular complexity index is 425. The number of piperazine rings is 1. The minimum atomic E-state index is -0.714. The van der Waals surface area contributed by atoms with Gasteiger partial charge in [-0.2, -0.15) is 0 Å². The Hall–Kier alpha value is -1.53. The van der Waals surface area contributed by atoms with Crippen LogP contribution in [0.25, 0.3) is 0 Å². The van der Waals surface area contributed by atoms with Gasteiger partial charge in [0.1, 0.15) is 11.6 Å². The van der Waals surface area contributed by atoms with E-state index < -0.39 is 17.7 Å². The Labute approximate surface area is 104 Å². The lowest BCUT2D eigenvalue weighted by Crippen LogP contribution is -2.57. The summed E-state index contributed by atoms with van der Waals surface area (Å²) in [6, 6.07) is 2.84. The van der Waals surface area contributed by atoms with E-state index in [0.717, 1.165) is 18.2 Å². The lowest BCUT2D eigenvalue weighted by Gasteiger charge is -2.28. The number of anilines is 1. The van der Waals surface area contributed by atoms with Gasteiger partial charge >= 0.3 is 0 Å². The van der Waals surface area contributed by atoms with Crippen LogP contribution in [0.4, 0.5) is 14.5 Å². The highest BCUT2D eigenvalue weighted by atomic mass is 19.1. The highest BCUT2D eigenvalue weighted by molar-refractivity contribution is 5.95. The van der Waals surface area contributed by atoms with Crippen molar-refractivity contribution in [3.63, 3.8) is 0 Å². The van der Waals surface area contributed by atoms with Gasteiger partial charge in [-0.05, 0) is 19.1 Å². The van der Waals surface area contributed by atoms with Gasteiger partial charge in [0, 0.05) is 30.9 Å². The second-order valence-corrected chi connectivity index (χ2v) is 4.42. The molecule has 1 aliphatic heterocycles. The van der Waals surface area contributed by atoms with Crippen molar-refractivity contribution in [2.75, 3.05) is 18.4 Å². The number of nitrogens with one attached hydrogen (secondary N) is 3. The quantitative estimate of drug-likeness (QED) is 0.734. The molecule has 3 N–H and O–H groups in total. The van der Waals surface area contributed by atoms with E-state index in [4.69, 9.17) is 0 Å². The van der Waals surface area contributed by atoms with E-state index in [-0.39, 0.29) is 11.6 Å². The largest absolute Gasteiger partial charge is 0.324 e. The van der Waals surface area contributed by atoms with Crippen molar-refractivity contribution in [3.8, 4) is 0 Å². The molecule has 1 heterocycles. The predicted molar refractivity (Wildman–Crippen MR) is 64.2 cm³/mol. The van der Waals surface area contributed by atoms with E-state index in [2.05, 4.69) is 16.0 Å². The Morgan fingerprint density at radius 1 is 1.22 bits per heavy atom. The highest BCUT2D eigenvalue weighted by Crippen LogP contribution is 2.13. The van der Waals surface area contributed by atoms with Crippen LogP contribution in [0.2, 0.25) is 0 Å². The number of benzene rings is 1. The van der Waals surface area contributed by atoms with Crippen LogP contribution < -0.4 is 16.0 Å². The second kappa shape index (κ2) is 5.41. The topological polar surface area (TPSA) is 53.2 Å². The summed E-state index contributed by atoms with van der Waals surface area (Å²) in [7, 11) is 0. The molecule has 1 amide bonds. The molecule has 0 aliphatic carbocycles. The van der Waals surface area contributed by atoms with Gasteiger partial charge in [0.15, 0.2) is 0 Å². The van der Waals surface area contributed by atoms with Gasteiger partial charge in [0.25, 0.3) is 0 Å². The molecule has 1 aromatic carbocycles. The highest BCUT2D eigenvalue weighted by Gasteiger charge is 2.23.